The molecule has 0 saturated heterocycles. The Hall–Kier alpha value is -2.33. The molecule has 4 heteroatoms. The average Bonchev–Trinajstić information content (AvgIpc) is 3.50. The van der Waals surface area contributed by atoms with Gasteiger partial charge in [-0.25, -0.2) is 0 Å². The first kappa shape index (κ1) is 18.5. The van der Waals surface area contributed by atoms with Crippen LogP contribution >= 0.6 is 0 Å². The molecule has 0 aromatic heterocycles. The van der Waals surface area contributed by atoms with Gasteiger partial charge in [0.2, 0.25) is 0 Å². The molecule has 0 heterocycles. The van der Waals surface area contributed by atoms with Crippen LogP contribution in [0.5, 0.6) is 5.75 Å². The molecule has 2 aromatic carbocycles. The fourth-order valence-corrected chi connectivity index (χ4v) is 2.86. The van der Waals surface area contributed by atoms with Crippen LogP contribution in [0.25, 0.3) is 0 Å². The molecule has 0 bridgehead atoms. The summed E-state index contributed by atoms with van der Waals surface area (Å²) in [5, 5.41) is 3.49. The van der Waals surface area contributed by atoms with E-state index in [9.17, 15) is 4.79 Å². The highest BCUT2D eigenvalue weighted by Crippen LogP contribution is 2.29. The minimum Gasteiger partial charge on any atom is -0.493 e. The number of rotatable bonds is 10. The zero-order chi connectivity index (χ0) is 18.2. The summed E-state index contributed by atoms with van der Waals surface area (Å²) in [5.74, 6) is 1.49. The summed E-state index contributed by atoms with van der Waals surface area (Å²) in [6.07, 6.45) is 3.74. The largest absolute Gasteiger partial charge is 0.493 e. The summed E-state index contributed by atoms with van der Waals surface area (Å²) in [6, 6.07) is 18.4. The zero-order valence-corrected chi connectivity index (χ0v) is 15.3. The zero-order valence-electron chi connectivity index (χ0n) is 15.3. The lowest BCUT2D eigenvalue weighted by Gasteiger charge is -2.18. The minimum absolute atomic E-state index is 0.0376. The predicted molar refractivity (Wildman–Crippen MR) is 102 cm³/mol. The molecule has 0 amide bonds. The second-order valence-corrected chi connectivity index (χ2v) is 6.95. The Morgan fingerprint density at radius 3 is 2.46 bits per heavy atom. The Kier molecular flexibility index (Phi) is 6.67. The quantitative estimate of drug-likeness (QED) is 0.661. The van der Waals surface area contributed by atoms with Crippen LogP contribution < -0.4 is 10.1 Å². The Morgan fingerprint density at radius 2 is 1.81 bits per heavy atom. The van der Waals surface area contributed by atoms with Crippen LogP contribution in [0.4, 0.5) is 0 Å². The number of esters is 1. The lowest BCUT2D eigenvalue weighted by molar-refractivity contribution is -0.141. The van der Waals surface area contributed by atoms with Gasteiger partial charge < -0.3 is 14.8 Å². The summed E-state index contributed by atoms with van der Waals surface area (Å²) in [5.41, 5.74) is 2.38. The van der Waals surface area contributed by atoms with E-state index in [-0.39, 0.29) is 12.0 Å². The number of ether oxygens (including phenoxy) is 2. The van der Waals surface area contributed by atoms with E-state index in [0.29, 0.717) is 13.0 Å². The van der Waals surface area contributed by atoms with Gasteiger partial charge in [0.05, 0.1) is 20.1 Å². The third kappa shape index (κ3) is 6.19. The fourth-order valence-electron chi connectivity index (χ4n) is 2.86. The first-order chi connectivity index (χ1) is 12.7. The highest BCUT2D eigenvalue weighted by atomic mass is 16.5. The molecule has 3 rings (SSSR count). The molecule has 1 N–H and O–H groups in total. The molecule has 2 aromatic rings. The Balaban J connectivity index is 1.52. The Morgan fingerprint density at radius 1 is 1.08 bits per heavy atom. The summed E-state index contributed by atoms with van der Waals surface area (Å²) >= 11 is 0. The molecule has 1 atom stereocenters. The SMILES string of the molecule is COC(=O)C[C@@H](Cc1ccccc1)NCc1ccc(OCC2CC2)cc1. The van der Waals surface area contributed by atoms with Crippen molar-refractivity contribution in [3.8, 4) is 5.75 Å². The van der Waals surface area contributed by atoms with E-state index in [2.05, 4.69) is 29.6 Å². The van der Waals surface area contributed by atoms with Gasteiger partial charge in [0, 0.05) is 12.6 Å². The maximum absolute atomic E-state index is 11.7. The van der Waals surface area contributed by atoms with Gasteiger partial charge in [-0.05, 0) is 48.4 Å². The van der Waals surface area contributed by atoms with Crippen molar-refractivity contribution >= 4 is 5.97 Å². The van der Waals surface area contributed by atoms with Crippen LogP contribution in [0, 0.1) is 5.92 Å². The molecule has 138 valence electrons. The molecule has 1 fully saturated rings. The van der Waals surface area contributed by atoms with Crippen molar-refractivity contribution < 1.29 is 14.3 Å². The fraction of sp³-hybridized carbons (Fsp3) is 0.409. The molecule has 1 aliphatic carbocycles. The Bertz CT molecular complexity index is 680. The summed E-state index contributed by atoms with van der Waals surface area (Å²) in [7, 11) is 1.43. The van der Waals surface area contributed by atoms with E-state index >= 15 is 0 Å². The molecule has 0 unspecified atom stereocenters. The summed E-state index contributed by atoms with van der Waals surface area (Å²) in [4.78, 5) is 11.7. The molecule has 1 aliphatic rings. The second kappa shape index (κ2) is 9.39. The third-order valence-electron chi connectivity index (χ3n) is 4.67. The van der Waals surface area contributed by atoms with Crippen LogP contribution in [0.1, 0.15) is 30.4 Å². The van der Waals surface area contributed by atoms with Gasteiger partial charge in [-0.3, -0.25) is 4.79 Å². The third-order valence-corrected chi connectivity index (χ3v) is 4.67. The normalized spacial score (nSPS) is 14.7. The standard InChI is InChI=1S/C22H27NO3/c1-25-22(24)14-20(13-17-5-3-2-4-6-17)23-15-18-9-11-21(12-10-18)26-16-19-7-8-19/h2-6,9-12,19-20,23H,7-8,13-16H2,1H3/t20-/m1/s1. The van der Waals surface area contributed by atoms with Crippen molar-refractivity contribution in [3.05, 3.63) is 65.7 Å². The predicted octanol–water partition coefficient (Wildman–Crippen LogP) is 3.74. The van der Waals surface area contributed by atoms with E-state index in [4.69, 9.17) is 9.47 Å². The van der Waals surface area contributed by atoms with Gasteiger partial charge in [-0.2, -0.15) is 0 Å². The van der Waals surface area contributed by atoms with Gasteiger partial charge in [0.1, 0.15) is 5.75 Å². The number of benzene rings is 2. The van der Waals surface area contributed by atoms with Gasteiger partial charge >= 0.3 is 5.97 Å². The van der Waals surface area contributed by atoms with Crippen LogP contribution in [0.2, 0.25) is 0 Å². The van der Waals surface area contributed by atoms with Crippen LogP contribution in [-0.4, -0.2) is 25.7 Å². The number of nitrogens with one attached hydrogen (secondary N) is 1. The number of hydrogen-bond donors (Lipinski definition) is 1. The van der Waals surface area contributed by atoms with Crippen molar-refractivity contribution in [2.24, 2.45) is 5.92 Å². The van der Waals surface area contributed by atoms with Crippen molar-refractivity contribution in [2.45, 2.75) is 38.3 Å². The van der Waals surface area contributed by atoms with Crippen LogP contribution in [0.15, 0.2) is 54.6 Å². The molecule has 0 aliphatic heterocycles. The average molecular weight is 353 g/mol. The molecular formula is C22H27NO3. The number of hydrogen-bond acceptors (Lipinski definition) is 4. The highest BCUT2D eigenvalue weighted by Gasteiger charge is 2.21. The number of methoxy groups -OCH3 is 1. The first-order valence-electron chi connectivity index (χ1n) is 9.29. The van der Waals surface area contributed by atoms with E-state index < -0.39 is 0 Å². The first-order valence-corrected chi connectivity index (χ1v) is 9.29. The molecule has 0 spiro atoms. The van der Waals surface area contributed by atoms with Gasteiger partial charge in [0.15, 0.2) is 0 Å². The van der Waals surface area contributed by atoms with Crippen molar-refractivity contribution in [2.75, 3.05) is 13.7 Å². The van der Waals surface area contributed by atoms with Crippen LogP contribution in [-0.2, 0) is 22.5 Å². The van der Waals surface area contributed by atoms with Gasteiger partial charge in [-0.1, -0.05) is 42.5 Å². The number of carbonyl (C=O) groups excluding carboxylic acids is 1. The summed E-state index contributed by atoms with van der Waals surface area (Å²) < 4.78 is 10.6. The number of carbonyl (C=O) groups is 1. The highest BCUT2D eigenvalue weighted by molar-refractivity contribution is 5.70. The molecule has 4 nitrogen and oxygen atoms in total. The molecule has 26 heavy (non-hydrogen) atoms. The lowest BCUT2D eigenvalue weighted by Crippen LogP contribution is -2.33. The molecular weight excluding hydrogens is 326 g/mol. The van der Waals surface area contributed by atoms with Crippen LogP contribution in [0.3, 0.4) is 0 Å². The second-order valence-electron chi connectivity index (χ2n) is 6.95. The molecule has 1 saturated carbocycles. The van der Waals surface area contributed by atoms with E-state index in [1.165, 1.54) is 31.1 Å². The van der Waals surface area contributed by atoms with E-state index in [0.717, 1.165) is 24.7 Å². The lowest BCUT2D eigenvalue weighted by atomic mass is 10.0. The van der Waals surface area contributed by atoms with Crippen molar-refractivity contribution in [3.63, 3.8) is 0 Å². The van der Waals surface area contributed by atoms with E-state index in [1.54, 1.807) is 0 Å². The maximum Gasteiger partial charge on any atom is 0.307 e. The smallest absolute Gasteiger partial charge is 0.307 e. The van der Waals surface area contributed by atoms with Gasteiger partial charge in [0.25, 0.3) is 0 Å². The minimum atomic E-state index is -0.192. The topological polar surface area (TPSA) is 47.6 Å². The monoisotopic (exact) mass is 353 g/mol. The van der Waals surface area contributed by atoms with E-state index in [1.807, 2.05) is 30.3 Å². The Labute approximate surface area is 155 Å². The van der Waals surface area contributed by atoms with Gasteiger partial charge in [-0.15, -0.1) is 0 Å². The van der Waals surface area contributed by atoms with Crippen molar-refractivity contribution in [1.29, 1.82) is 0 Å². The molecule has 0 radical (unpaired) electrons. The maximum atomic E-state index is 11.7. The summed E-state index contributed by atoms with van der Waals surface area (Å²) in [6.45, 7) is 1.53. The van der Waals surface area contributed by atoms with Crippen molar-refractivity contribution in [1.82, 2.24) is 5.32 Å².